The molecular weight excluding hydrogens is 330 g/mol. The summed E-state index contributed by atoms with van der Waals surface area (Å²) >= 11 is 3.19. The van der Waals surface area contributed by atoms with Crippen LogP contribution in [-0.4, -0.2) is 16.0 Å². The van der Waals surface area contributed by atoms with E-state index in [2.05, 4.69) is 15.9 Å². The molecule has 0 spiro atoms. The number of hydrogen-bond acceptors (Lipinski definition) is 4. The van der Waals surface area contributed by atoms with E-state index in [1.807, 2.05) is 0 Å². The first kappa shape index (κ1) is 14.0. The molecule has 20 heavy (non-hydrogen) atoms. The molecule has 0 bridgehead atoms. The number of non-ortho nitro benzene ring substituents is 1. The minimum Gasteiger partial charge on any atom is -0.478 e. The highest BCUT2D eigenvalue weighted by molar-refractivity contribution is 9.10. The number of halogens is 1. The molecule has 0 heterocycles. The zero-order valence-electron chi connectivity index (χ0n) is 9.95. The number of carboxylic acids is 1. The Labute approximate surface area is 121 Å². The Morgan fingerprint density at radius 1 is 1.15 bits per heavy atom. The Morgan fingerprint density at radius 3 is 2.35 bits per heavy atom. The Kier molecular flexibility index (Phi) is 3.99. The van der Waals surface area contributed by atoms with E-state index in [-0.39, 0.29) is 11.3 Å². The van der Waals surface area contributed by atoms with Gasteiger partial charge in [0.05, 0.1) is 10.5 Å². The second-order valence-corrected chi connectivity index (χ2v) is 4.75. The van der Waals surface area contributed by atoms with Crippen LogP contribution >= 0.6 is 15.9 Å². The molecule has 0 aliphatic heterocycles. The second-order valence-electron chi connectivity index (χ2n) is 3.83. The fourth-order valence-electron chi connectivity index (χ4n) is 1.52. The van der Waals surface area contributed by atoms with E-state index >= 15 is 0 Å². The van der Waals surface area contributed by atoms with Gasteiger partial charge in [-0.2, -0.15) is 0 Å². The third kappa shape index (κ3) is 3.33. The lowest BCUT2D eigenvalue weighted by Gasteiger charge is -2.07. The molecule has 0 saturated heterocycles. The van der Waals surface area contributed by atoms with Gasteiger partial charge >= 0.3 is 5.97 Å². The summed E-state index contributed by atoms with van der Waals surface area (Å²) in [6, 6.07) is 9.93. The van der Waals surface area contributed by atoms with Crippen LogP contribution in [0, 0.1) is 10.1 Å². The van der Waals surface area contributed by atoms with E-state index in [1.54, 1.807) is 6.07 Å². The number of carboxylic acid groups (broad SMARTS) is 1. The molecule has 2 aromatic carbocycles. The van der Waals surface area contributed by atoms with Crippen molar-refractivity contribution in [2.24, 2.45) is 0 Å². The van der Waals surface area contributed by atoms with Gasteiger partial charge < -0.3 is 9.84 Å². The first-order chi connectivity index (χ1) is 9.45. The van der Waals surface area contributed by atoms with Crippen molar-refractivity contribution in [1.82, 2.24) is 0 Å². The van der Waals surface area contributed by atoms with Gasteiger partial charge in [0.1, 0.15) is 11.5 Å². The molecule has 6 nitrogen and oxygen atoms in total. The summed E-state index contributed by atoms with van der Waals surface area (Å²) in [6.45, 7) is 0. The Morgan fingerprint density at radius 2 is 1.80 bits per heavy atom. The molecule has 2 rings (SSSR count). The summed E-state index contributed by atoms with van der Waals surface area (Å²) in [5, 5.41) is 19.5. The number of aromatic carboxylic acids is 1. The van der Waals surface area contributed by atoms with Crippen LogP contribution in [0.3, 0.4) is 0 Å². The predicted molar refractivity (Wildman–Crippen MR) is 74.3 cm³/mol. The summed E-state index contributed by atoms with van der Waals surface area (Å²) in [5.74, 6) is -0.365. The van der Waals surface area contributed by atoms with Crippen LogP contribution in [0.25, 0.3) is 0 Å². The van der Waals surface area contributed by atoms with Crippen LogP contribution in [0.2, 0.25) is 0 Å². The summed E-state index contributed by atoms with van der Waals surface area (Å²) in [7, 11) is 0. The smallest absolute Gasteiger partial charge is 0.335 e. The van der Waals surface area contributed by atoms with Crippen LogP contribution in [0.4, 0.5) is 5.69 Å². The summed E-state index contributed by atoms with van der Waals surface area (Å²) < 4.78 is 6.03. The van der Waals surface area contributed by atoms with Crippen molar-refractivity contribution in [3.05, 3.63) is 62.6 Å². The Bertz CT molecular complexity index is 669. The lowest BCUT2D eigenvalue weighted by molar-refractivity contribution is -0.384. The maximum Gasteiger partial charge on any atom is 0.335 e. The van der Waals surface area contributed by atoms with Gasteiger partial charge in [-0.3, -0.25) is 10.1 Å². The highest BCUT2D eigenvalue weighted by Crippen LogP contribution is 2.27. The minimum atomic E-state index is -1.07. The Balaban J connectivity index is 2.25. The lowest BCUT2D eigenvalue weighted by Crippen LogP contribution is -1.97. The quantitative estimate of drug-likeness (QED) is 0.676. The van der Waals surface area contributed by atoms with Gasteiger partial charge in [-0.1, -0.05) is 15.9 Å². The fraction of sp³-hybridized carbons (Fsp3) is 0. The molecule has 0 amide bonds. The van der Waals surface area contributed by atoms with Gasteiger partial charge in [-0.05, 0) is 30.3 Å². The predicted octanol–water partition coefficient (Wildman–Crippen LogP) is 3.85. The van der Waals surface area contributed by atoms with Crippen LogP contribution in [0.5, 0.6) is 11.5 Å². The first-order valence-electron chi connectivity index (χ1n) is 5.42. The molecule has 0 aromatic heterocycles. The monoisotopic (exact) mass is 337 g/mol. The van der Waals surface area contributed by atoms with Crippen LogP contribution in [-0.2, 0) is 0 Å². The van der Waals surface area contributed by atoms with E-state index in [1.165, 1.54) is 36.4 Å². The van der Waals surface area contributed by atoms with Crippen molar-refractivity contribution in [3.63, 3.8) is 0 Å². The number of carbonyl (C=O) groups is 1. The molecule has 0 saturated carbocycles. The van der Waals surface area contributed by atoms with Crippen molar-refractivity contribution in [3.8, 4) is 11.5 Å². The average Bonchev–Trinajstić information content (AvgIpc) is 2.38. The molecule has 0 aliphatic rings. The van der Waals surface area contributed by atoms with E-state index in [0.29, 0.717) is 16.0 Å². The van der Waals surface area contributed by atoms with Crippen molar-refractivity contribution < 1.29 is 19.6 Å². The van der Waals surface area contributed by atoms with E-state index < -0.39 is 10.9 Å². The average molecular weight is 338 g/mol. The maximum atomic E-state index is 10.9. The van der Waals surface area contributed by atoms with Crippen molar-refractivity contribution >= 4 is 27.6 Å². The maximum absolute atomic E-state index is 10.9. The fourth-order valence-corrected chi connectivity index (χ4v) is 1.99. The minimum absolute atomic E-state index is 0.0437. The number of rotatable bonds is 4. The van der Waals surface area contributed by atoms with E-state index in [0.717, 1.165) is 0 Å². The molecule has 0 radical (unpaired) electrons. The van der Waals surface area contributed by atoms with Gasteiger partial charge in [-0.15, -0.1) is 0 Å². The lowest BCUT2D eigenvalue weighted by atomic mass is 10.2. The zero-order valence-corrected chi connectivity index (χ0v) is 11.5. The third-order valence-electron chi connectivity index (χ3n) is 2.40. The first-order valence-corrected chi connectivity index (χ1v) is 6.21. The molecular formula is C13H8BrNO5. The van der Waals surface area contributed by atoms with Crippen molar-refractivity contribution in [2.75, 3.05) is 0 Å². The zero-order chi connectivity index (χ0) is 14.7. The van der Waals surface area contributed by atoms with Gasteiger partial charge in [0.2, 0.25) is 0 Å². The number of nitrogens with zero attached hydrogens (tertiary/aromatic N) is 1. The number of benzene rings is 2. The highest BCUT2D eigenvalue weighted by Gasteiger charge is 2.09. The number of hydrogen-bond donors (Lipinski definition) is 1. The van der Waals surface area contributed by atoms with E-state index in [4.69, 9.17) is 9.84 Å². The Hall–Kier alpha value is -2.41. The van der Waals surface area contributed by atoms with Gasteiger partial charge in [-0.25, -0.2) is 4.79 Å². The van der Waals surface area contributed by atoms with Gasteiger partial charge in [0.15, 0.2) is 0 Å². The van der Waals surface area contributed by atoms with Gasteiger partial charge in [0.25, 0.3) is 5.69 Å². The standard InChI is InChI=1S/C13H8BrNO5/c14-9-5-8(13(16)17)6-12(7-9)20-11-3-1-10(2-4-11)15(18)19/h1-7H,(H,16,17). The summed E-state index contributed by atoms with van der Waals surface area (Å²) in [4.78, 5) is 20.9. The molecule has 0 unspecified atom stereocenters. The van der Waals surface area contributed by atoms with Gasteiger partial charge in [0, 0.05) is 16.6 Å². The summed E-state index contributed by atoms with van der Waals surface area (Å²) in [5.41, 5.74) is 0.0362. The van der Waals surface area contributed by atoms with Crippen LogP contribution in [0.1, 0.15) is 10.4 Å². The normalized spacial score (nSPS) is 10.1. The molecule has 7 heteroatoms. The SMILES string of the molecule is O=C(O)c1cc(Br)cc(Oc2ccc([N+](=O)[O-])cc2)c1. The molecule has 0 atom stereocenters. The molecule has 0 fully saturated rings. The number of ether oxygens (including phenoxy) is 1. The molecule has 2 aromatic rings. The van der Waals surface area contributed by atoms with Crippen LogP contribution < -0.4 is 4.74 Å². The largest absolute Gasteiger partial charge is 0.478 e. The van der Waals surface area contributed by atoms with Crippen LogP contribution in [0.15, 0.2) is 46.9 Å². The van der Waals surface area contributed by atoms with Crippen molar-refractivity contribution in [2.45, 2.75) is 0 Å². The number of nitro benzene ring substituents is 1. The third-order valence-corrected chi connectivity index (χ3v) is 2.86. The van der Waals surface area contributed by atoms with E-state index in [9.17, 15) is 14.9 Å². The summed E-state index contributed by atoms with van der Waals surface area (Å²) in [6.07, 6.45) is 0. The topological polar surface area (TPSA) is 89.7 Å². The number of nitro groups is 1. The second kappa shape index (κ2) is 5.70. The highest BCUT2D eigenvalue weighted by atomic mass is 79.9. The molecule has 102 valence electrons. The molecule has 1 N–H and O–H groups in total. The van der Waals surface area contributed by atoms with Crippen molar-refractivity contribution in [1.29, 1.82) is 0 Å². The molecule has 0 aliphatic carbocycles.